The molecule has 1 nitrogen and oxygen atoms in total. The molecule has 17 heavy (non-hydrogen) atoms. The van der Waals surface area contributed by atoms with E-state index in [0.717, 1.165) is 18.5 Å². The van der Waals surface area contributed by atoms with E-state index >= 15 is 0 Å². The van der Waals surface area contributed by atoms with Gasteiger partial charge in [0.2, 0.25) is 0 Å². The number of rotatable bonds is 5. The molecule has 0 aliphatic heterocycles. The van der Waals surface area contributed by atoms with Crippen molar-refractivity contribution in [2.45, 2.75) is 33.2 Å². The Labute approximate surface area is 110 Å². The van der Waals surface area contributed by atoms with Crippen molar-refractivity contribution in [2.75, 3.05) is 6.54 Å². The molecule has 1 unspecified atom stereocenters. The first-order valence-corrected chi connectivity index (χ1v) is 6.63. The lowest BCUT2D eigenvalue weighted by atomic mass is 9.97. The molecule has 0 saturated carbocycles. The van der Waals surface area contributed by atoms with Crippen LogP contribution in [0.2, 0.25) is 0 Å². The molecule has 0 aliphatic carbocycles. The van der Waals surface area contributed by atoms with E-state index in [0.29, 0.717) is 5.92 Å². The maximum absolute atomic E-state index is 13.5. The number of nitrogens with one attached hydrogen (secondary N) is 1. The van der Waals surface area contributed by atoms with Crippen molar-refractivity contribution in [1.82, 2.24) is 5.32 Å². The molecule has 0 spiro atoms. The fourth-order valence-electron chi connectivity index (χ4n) is 1.85. The predicted octanol–water partition coefficient (Wildman–Crippen LogP) is 4.42. The second-order valence-corrected chi connectivity index (χ2v) is 5.30. The summed E-state index contributed by atoms with van der Waals surface area (Å²) in [5, 5.41) is 3.30. The number of benzene rings is 1. The van der Waals surface area contributed by atoms with Crippen molar-refractivity contribution < 1.29 is 8.78 Å². The van der Waals surface area contributed by atoms with Gasteiger partial charge in [-0.15, -0.1) is 0 Å². The molecule has 1 rings (SSSR count). The van der Waals surface area contributed by atoms with Crippen LogP contribution < -0.4 is 5.32 Å². The molecule has 0 bridgehead atoms. The summed E-state index contributed by atoms with van der Waals surface area (Å²) in [4.78, 5) is 0. The van der Waals surface area contributed by atoms with Crippen molar-refractivity contribution in [3.63, 3.8) is 0 Å². The maximum Gasteiger partial charge on any atom is 0.173 e. The average Bonchev–Trinajstić information content (AvgIpc) is 2.25. The van der Waals surface area contributed by atoms with Crippen LogP contribution in [0.5, 0.6) is 0 Å². The molecule has 0 aromatic heterocycles. The topological polar surface area (TPSA) is 12.0 Å². The van der Waals surface area contributed by atoms with E-state index in [1.165, 1.54) is 6.07 Å². The van der Waals surface area contributed by atoms with Crippen molar-refractivity contribution in [3.8, 4) is 0 Å². The third kappa shape index (κ3) is 3.75. The molecular weight excluding hydrogens is 288 g/mol. The molecule has 0 aliphatic rings. The molecule has 0 amide bonds. The highest BCUT2D eigenvalue weighted by Crippen LogP contribution is 2.31. The molecule has 0 fully saturated rings. The van der Waals surface area contributed by atoms with E-state index in [9.17, 15) is 8.78 Å². The number of halogens is 3. The normalized spacial score (nSPS) is 13.1. The molecule has 1 aromatic carbocycles. The lowest BCUT2D eigenvalue weighted by Crippen LogP contribution is -2.23. The highest BCUT2D eigenvalue weighted by Gasteiger charge is 2.19. The van der Waals surface area contributed by atoms with E-state index in [1.54, 1.807) is 6.07 Å². The summed E-state index contributed by atoms with van der Waals surface area (Å²) in [6.45, 7) is 7.01. The van der Waals surface area contributed by atoms with Crippen molar-refractivity contribution in [3.05, 3.63) is 33.8 Å². The first-order valence-electron chi connectivity index (χ1n) is 5.84. The smallest absolute Gasteiger partial charge is 0.173 e. The van der Waals surface area contributed by atoms with Crippen LogP contribution in [0.25, 0.3) is 0 Å². The van der Waals surface area contributed by atoms with Gasteiger partial charge in [0, 0.05) is 6.04 Å². The van der Waals surface area contributed by atoms with E-state index in [2.05, 4.69) is 35.1 Å². The van der Waals surface area contributed by atoms with Crippen molar-refractivity contribution in [1.29, 1.82) is 0 Å². The average molecular weight is 306 g/mol. The maximum atomic E-state index is 13.5. The van der Waals surface area contributed by atoms with Gasteiger partial charge >= 0.3 is 0 Å². The third-order valence-electron chi connectivity index (χ3n) is 2.60. The van der Waals surface area contributed by atoms with Crippen LogP contribution >= 0.6 is 15.9 Å². The van der Waals surface area contributed by atoms with Gasteiger partial charge in [-0.1, -0.05) is 26.8 Å². The van der Waals surface area contributed by atoms with Crippen LogP contribution in [0.1, 0.15) is 38.8 Å². The Bertz CT molecular complexity index is 380. The quantitative estimate of drug-likeness (QED) is 0.794. The van der Waals surface area contributed by atoms with Crippen LogP contribution in [0.3, 0.4) is 0 Å². The van der Waals surface area contributed by atoms with E-state index in [1.807, 2.05) is 6.92 Å². The largest absolute Gasteiger partial charge is 0.310 e. The van der Waals surface area contributed by atoms with Gasteiger partial charge in [0.05, 0.1) is 4.47 Å². The summed E-state index contributed by atoms with van der Waals surface area (Å²) in [5.41, 5.74) is 0.777. The van der Waals surface area contributed by atoms with Gasteiger partial charge < -0.3 is 5.32 Å². The minimum atomic E-state index is -0.819. The summed E-state index contributed by atoms with van der Waals surface area (Å²) in [7, 11) is 0. The van der Waals surface area contributed by atoms with Gasteiger partial charge in [0.1, 0.15) is 0 Å². The monoisotopic (exact) mass is 305 g/mol. The van der Waals surface area contributed by atoms with Crippen LogP contribution in [0, 0.1) is 17.6 Å². The van der Waals surface area contributed by atoms with Crippen LogP contribution in [0.15, 0.2) is 16.6 Å². The summed E-state index contributed by atoms with van der Waals surface area (Å²) in [6.07, 6.45) is 0.886. The fraction of sp³-hybridized carbons (Fsp3) is 0.538. The molecule has 0 heterocycles. The lowest BCUT2D eigenvalue weighted by molar-refractivity contribution is 0.431. The summed E-state index contributed by atoms with van der Waals surface area (Å²) < 4.78 is 26.8. The van der Waals surface area contributed by atoms with Crippen molar-refractivity contribution >= 4 is 15.9 Å². The van der Waals surface area contributed by atoms with Gasteiger partial charge in [-0.2, -0.15) is 0 Å². The molecule has 96 valence electrons. The molecule has 0 saturated heterocycles. The van der Waals surface area contributed by atoms with Crippen LogP contribution in [-0.4, -0.2) is 6.54 Å². The third-order valence-corrected chi connectivity index (χ3v) is 3.40. The Hall–Kier alpha value is -0.480. The van der Waals surface area contributed by atoms with E-state index in [4.69, 9.17) is 0 Å². The molecule has 1 atom stereocenters. The molecule has 0 radical (unpaired) electrons. The zero-order valence-corrected chi connectivity index (χ0v) is 11.9. The lowest BCUT2D eigenvalue weighted by Gasteiger charge is -2.22. The Kier molecular flexibility index (Phi) is 5.53. The first-order chi connectivity index (χ1) is 7.97. The summed E-state index contributed by atoms with van der Waals surface area (Å²) in [6, 6.07) is 2.86. The minimum Gasteiger partial charge on any atom is -0.310 e. The number of hydrogen-bond acceptors (Lipinski definition) is 1. The Morgan fingerprint density at radius 1 is 1.29 bits per heavy atom. The zero-order valence-electron chi connectivity index (χ0n) is 10.4. The first kappa shape index (κ1) is 14.6. The van der Waals surface area contributed by atoms with Crippen molar-refractivity contribution in [2.24, 2.45) is 5.92 Å². The van der Waals surface area contributed by atoms with Gasteiger partial charge in [0.15, 0.2) is 11.6 Å². The van der Waals surface area contributed by atoms with Crippen LogP contribution in [-0.2, 0) is 0 Å². The highest BCUT2D eigenvalue weighted by atomic mass is 79.9. The predicted molar refractivity (Wildman–Crippen MR) is 69.9 cm³/mol. The van der Waals surface area contributed by atoms with Crippen LogP contribution in [0.4, 0.5) is 8.78 Å². The molecule has 4 heteroatoms. The SMILES string of the molecule is CCNC(CC(C)C)c1ccc(F)c(F)c1Br. The zero-order chi connectivity index (χ0) is 13.0. The van der Waals surface area contributed by atoms with Gasteiger partial charge in [-0.25, -0.2) is 8.78 Å². The van der Waals surface area contributed by atoms with Gasteiger partial charge in [-0.05, 0) is 46.4 Å². The van der Waals surface area contributed by atoms with Gasteiger partial charge in [0.25, 0.3) is 0 Å². The van der Waals surface area contributed by atoms with Gasteiger partial charge in [-0.3, -0.25) is 0 Å². The Morgan fingerprint density at radius 3 is 2.47 bits per heavy atom. The molecule has 1 N–H and O–H groups in total. The fourth-order valence-corrected chi connectivity index (χ4v) is 2.45. The standard InChI is InChI=1S/C13H18BrF2N/c1-4-17-11(7-8(2)3)9-5-6-10(15)13(16)12(9)14/h5-6,8,11,17H,4,7H2,1-3H3. The van der Waals surface area contributed by atoms with E-state index < -0.39 is 11.6 Å². The minimum absolute atomic E-state index is 0.0458. The van der Waals surface area contributed by atoms with E-state index in [-0.39, 0.29) is 10.5 Å². The summed E-state index contributed by atoms with van der Waals surface area (Å²) >= 11 is 3.14. The Balaban J connectivity index is 3.05. The highest BCUT2D eigenvalue weighted by molar-refractivity contribution is 9.10. The summed E-state index contributed by atoms with van der Waals surface area (Å²) in [5.74, 6) is -1.14. The molecular formula is C13H18BrF2N. The second kappa shape index (κ2) is 6.45. The number of hydrogen-bond donors (Lipinski definition) is 1. The molecule has 1 aromatic rings. The second-order valence-electron chi connectivity index (χ2n) is 4.50. The Morgan fingerprint density at radius 2 is 1.94 bits per heavy atom.